The molecule has 4 nitrogen and oxygen atoms in total. The first kappa shape index (κ1) is 11.5. The van der Waals surface area contributed by atoms with Crippen molar-refractivity contribution in [1.82, 2.24) is 9.97 Å². The molecule has 1 aromatic rings. The van der Waals surface area contributed by atoms with E-state index in [4.69, 9.17) is 11.6 Å². The highest BCUT2D eigenvalue weighted by atomic mass is 35.5. The fraction of sp³-hybridized carbons (Fsp3) is 0.636. The fourth-order valence-corrected chi connectivity index (χ4v) is 2.29. The Morgan fingerprint density at radius 2 is 2.38 bits per heavy atom. The summed E-state index contributed by atoms with van der Waals surface area (Å²) in [7, 11) is 1.81. The Morgan fingerprint density at radius 3 is 3.06 bits per heavy atom. The lowest BCUT2D eigenvalue weighted by atomic mass is 10.0. The third-order valence-corrected chi connectivity index (χ3v) is 3.17. The molecule has 1 fully saturated rings. The molecule has 5 heteroatoms. The first-order chi connectivity index (χ1) is 7.70. The Morgan fingerprint density at radius 1 is 1.56 bits per heavy atom. The van der Waals surface area contributed by atoms with Crippen LogP contribution in [0.25, 0.3) is 0 Å². The van der Waals surface area contributed by atoms with E-state index in [-0.39, 0.29) is 0 Å². The smallest absolute Gasteiger partial charge is 0.224 e. The van der Waals surface area contributed by atoms with E-state index >= 15 is 0 Å². The number of anilines is 2. The average Bonchev–Trinajstić information content (AvgIpc) is 2.30. The maximum atomic E-state index is 6.14. The first-order valence-electron chi connectivity index (χ1n) is 5.66. The largest absolute Gasteiger partial charge is 0.357 e. The van der Waals surface area contributed by atoms with E-state index in [0.717, 1.165) is 18.9 Å². The SMILES string of the molecule is CNc1ncc(Cl)c(N2CCCC(C)C2)n1. The van der Waals surface area contributed by atoms with Gasteiger partial charge in [0.25, 0.3) is 0 Å². The molecule has 2 rings (SSSR count). The van der Waals surface area contributed by atoms with Crippen LogP contribution in [0.2, 0.25) is 5.02 Å². The molecule has 88 valence electrons. The second-order valence-electron chi connectivity index (χ2n) is 4.31. The zero-order valence-electron chi connectivity index (χ0n) is 9.70. The molecule has 1 N–H and O–H groups in total. The summed E-state index contributed by atoms with van der Waals surface area (Å²) in [6, 6.07) is 0. The first-order valence-corrected chi connectivity index (χ1v) is 6.03. The van der Waals surface area contributed by atoms with Gasteiger partial charge in [-0.2, -0.15) is 4.98 Å². The lowest BCUT2D eigenvalue weighted by Gasteiger charge is -2.32. The van der Waals surface area contributed by atoms with Crippen molar-refractivity contribution in [3.63, 3.8) is 0 Å². The van der Waals surface area contributed by atoms with Crippen LogP contribution >= 0.6 is 11.6 Å². The molecular weight excluding hydrogens is 224 g/mol. The van der Waals surface area contributed by atoms with Crippen LogP contribution < -0.4 is 10.2 Å². The summed E-state index contributed by atoms with van der Waals surface area (Å²) in [5.74, 6) is 2.18. The number of piperidine rings is 1. The Hall–Kier alpha value is -1.03. The number of rotatable bonds is 2. The van der Waals surface area contributed by atoms with Gasteiger partial charge in [0.05, 0.1) is 6.20 Å². The quantitative estimate of drug-likeness (QED) is 0.862. The molecule has 0 aromatic carbocycles. The maximum Gasteiger partial charge on any atom is 0.224 e. The predicted molar refractivity (Wildman–Crippen MR) is 67.2 cm³/mol. The standard InChI is InChI=1S/C11H17ClN4/c1-8-4-3-5-16(7-8)10-9(12)6-14-11(13-2)15-10/h6,8H,3-5,7H2,1-2H3,(H,13,14,15). The van der Waals surface area contributed by atoms with E-state index in [0.29, 0.717) is 16.9 Å². The van der Waals surface area contributed by atoms with Gasteiger partial charge in [0.1, 0.15) is 5.02 Å². The molecule has 1 aromatic heterocycles. The van der Waals surface area contributed by atoms with Gasteiger partial charge in [0, 0.05) is 20.1 Å². The van der Waals surface area contributed by atoms with Crippen LogP contribution in [0.4, 0.5) is 11.8 Å². The van der Waals surface area contributed by atoms with Gasteiger partial charge in [0.15, 0.2) is 5.82 Å². The summed E-state index contributed by atoms with van der Waals surface area (Å²) in [5, 5.41) is 3.57. The molecule has 0 amide bonds. The minimum atomic E-state index is 0.623. The zero-order chi connectivity index (χ0) is 11.5. The minimum Gasteiger partial charge on any atom is -0.357 e. The molecule has 16 heavy (non-hydrogen) atoms. The van der Waals surface area contributed by atoms with Gasteiger partial charge in [-0.15, -0.1) is 0 Å². The van der Waals surface area contributed by atoms with Crippen LogP contribution in [0.15, 0.2) is 6.20 Å². The van der Waals surface area contributed by atoms with Crippen LogP contribution in [-0.4, -0.2) is 30.1 Å². The average molecular weight is 241 g/mol. The van der Waals surface area contributed by atoms with Crippen LogP contribution in [0, 0.1) is 5.92 Å². The summed E-state index contributed by atoms with van der Waals surface area (Å²) < 4.78 is 0. The molecular formula is C11H17ClN4. The van der Waals surface area contributed by atoms with Crippen molar-refractivity contribution in [3.8, 4) is 0 Å². The molecule has 1 saturated heterocycles. The van der Waals surface area contributed by atoms with Crippen molar-refractivity contribution in [2.45, 2.75) is 19.8 Å². The number of nitrogens with zero attached hydrogens (tertiary/aromatic N) is 3. The highest BCUT2D eigenvalue weighted by molar-refractivity contribution is 6.32. The number of aromatic nitrogens is 2. The zero-order valence-corrected chi connectivity index (χ0v) is 10.5. The molecule has 0 saturated carbocycles. The van der Waals surface area contributed by atoms with Crippen molar-refractivity contribution in [2.75, 3.05) is 30.4 Å². The van der Waals surface area contributed by atoms with E-state index in [9.17, 15) is 0 Å². The van der Waals surface area contributed by atoms with Gasteiger partial charge in [-0.3, -0.25) is 0 Å². The third kappa shape index (κ3) is 2.38. The highest BCUT2D eigenvalue weighted by Gasteiger charge is 2.20. The Balaban J connectivity index is 2.24. The number of halogens is 1. The monoisotopic (exact) mass is 240 g/mol. The lowest BCUT2D eigenvalue weighted by Crippen LogP contribution is -2.35. The minimum absolute atomic E-state index is 0.623. The van der Waals surface area contributed by atoms with E-state index in [1.807, 2.05) is 7.05 Å². The van der Waals surface area contributed by atoms with E-state index in [2.05, 4.69) is 27.1 Å². The van der Waals surface area contributed by atoms with Crippen LogP contribution in [0.3, 0.4) is 0 Å². The highest BCUT2D eigenvalue weighted by Crippen LogP contribution is 2.27. The van der Waals surface area contributed by atoms with E-state index < -0.39 is 0 Å². The summed E-state index contributed by atoms with van der Waals surface area (Å²) in [6.45, 7) is 4.32. The Kier molecular flexibility index (Phi) is 3.49. The van der Waals surface area contributed by atoms with Crippen molar-refractivity contribution in [2.24, 2.45) is 5.92 Å². The van der Waals surface area contributed by atoms with Gasteiger partial charge < -0.3 is 10.2 Å². The Bertz CT molecular complexity index is 369. The summed E-state index contributed by atoms with van der Waals surface area (Å²) in [6.07, 6.45) is 4.16. The fourth-order valence-electron chi connectivity index (χ4n) is 2.08. The second kappa shape index (κ2) is 4.87. The van der Waals surface area contributed by atoms with Gasteiger partial charge in [-0.1, -0.05) is 18.5 Å². The third-order valence-electron chi connectivity index (χ3n) is 2.91. The van der Waals surface area contributed by atoms with Crippen molar-refractivity contribution < 1.29 is 0 Å². The molecule has 1 aliphatic rings. The molecule has 0 bridgehead atoms. The predicted octanol–water partition coefficient (Wildman–Crippen LogP) is 2.41. The maximum absolute atomic E-state index is 6.14. The molecule has 1 atom stereocenters. The number of nitrogens with one attached hydrogen (secondary N) is 1. The number of hydrogen-bond acceptors (Lipinski definition) is 4. The van der Waals surface area contributed by atoms with E-state index in [1.165, 1.54) is 12.8 Å². The van der Waals surface area contributed by atoms with Crippen LogP contribution in [0.1, 0.15) is 19.8 Å². The molecule has 0 spiro atoms. The van der Waals surface area contributed by atoms with Crippen molar-refractivity contribution in [3.05, 3.63) is 11.2 Å². The van der Waals surface area contributed by atoms with Crippen LogP contribution in [-0.2, 0) is 0 Å². The van der Waals surface area contributed by atoms with Crippen molar-refractivity contribution in [1.29, 1.82) is 0 Å². The lowest BCUT2D eigenvalue weighted by molar-refractivity contribution is 0.444. The second-order valence-corrected chi connectivity index (χ2v) is 4.72. The molecule has 2 heterocycles. The normalized spacial score (nSPS) is 20.9. The number of hydrogen-bond donors (Lipinski definition) is 1. The van der Waals surface area contributed by atoms with Gasteiger partial charge in [-0.05, 0) is 18.8 Å². The van der Waals surface area contributed by atoms with Gasteiger partial charge in [-0.25, -0.2) is 4.98 Å². The topological polar surface area (TPSA) is 41.1 Å². The molecule has 1 unspecified atom stereocenters. The Labute approximate surface area is 101 Å². The summed E-state index contributed by atoms with van der Waals surface area (Å²) >= 11 is 6.14. The van der Waals surface area contributed by atoms with Crippen molar-refractivity contribution >= 4 is 23.4 Å². The van der Waals surface area contributed by atoms with Crippen LogP contribution in [0.5, 0.6) is 0 Å². The molecule has 0 radical (unpaired) electrons. The van der Waals surface area contributed by atoms with Gasteiger partial charge >= 0.3 is 0 Å². The molecule has 0 aliphatic carbocycles. The molecule has 1 aliphatic heterocycles. The summed E-state index contributed by atoms with van der Waals surface area (Å²) in [4.78, 5) is 10.8. The van der Waals surface area contributed by atoms with Gasteiger partial charge in [0.2, 0.25) is 5.95 Å². The van der Waals surface area contributed by atoms with E-state index in [1.54, 1.807) is 6.20 Å². The summed E-state index contributed by atoms with van der Waals surface area (Å²) in [5.41, 5.74) is 0.